The molecule has 0 aliphatic rings. The van der Waals surface area contributed by atoms with Gasteiger partial charge >= 0.3 is 0 Å². The van der Waals surface area contributed by atoms with Gasteiger partial charge in [-0.2, -0.15) is 0 Å². The van der Waals surface area contributed by atoms with Crippen molar-refractivity contribution >= 4 is 82.4 Å². The van der Waals surface area contributed by atoms with Gasteiger partial charge in [-0.1, -0.05) is 170 Å². The lowest BCUT2D eigenvalue weighted by Crippen LogP contribution is -2.10. The number of rotatable bonds is 7. The Bertz CT molecular complexity index is 3900. The first-order valence-corrected chi connectivity index (χ1v) is 22.2. The topological polar surface area (TPSA) is 21.3 Å². The van der Waals surface area contributed by atoms with Crippen LogP contribution in [0.1, 0.15) is 0 Å². The zero-order valence-corrected chi connectivity index (χ0v) is 35.4. The van der Waals surface area contributed by atoms with E-state index in [1.807, 2.05) is 12.1 Å². The van der Waals surface area contributed by atoms with Gasteiger partial charge in [0.25, 0.3) is 0 Å². The van der Waals surface area contributed by atoms with Crippen molar-refractivity contribution in [2.75, 3.05) is 4.90 Å². The summed E-state index contributed by atoms with van der Waals surface area (Å²) in [5.74, 6) is 0. The van der Waals surface area contributed by atoms with Gasteiger partial charge in [0, 0.05) is 44.2 Å². The summed E-state index contributed by atoms with van der Waals surface area (Å²) in [5.41, 5.74) is 15.6. The molecule has 304 valence electrons. The van der Waals surface area contributed by atoms with Gasteiger partial charge in [0.2, 0.25) is 0 Å². The van der Waals surface area contributed by atoms with E-state index >= 15 is 0 Å². The second-order valence-corrected chi connectivity index (χ2v) is 16.9. The number of hydrogen-bond donors (Lipinski definition) is 0. The molecular weight excluding hydrogens is 789 g/mol. The number of hydrogen-bond acceptors (Lipinski definition) is 2. The number of fused-ring (bicyclic) bond motifs is 9. The van der Waals surface area contributed by atoms with Crippen LogP contribution in [0.4, 0.5) is 17.1 Å². The van der Waals surface area contributed by atoms with Gasteiger partial charge in [-0.15, -0.1) is 0 Å². The molecule has 0 bridgehead atoms. The third kappa shape index (κ3) is 6.12. The molecule has 3 heteroatoms. The summed E-state index contributed by atoms with van der Waals surface area (Å²) in [6.07, 6.45) is 0. The minimum atomic E-state index is 0.897. The Morgan fingerprint density at radius 1 is 0.292 bits per heavy atom. The van der Waals surface area contributed by atoms with E-state index in [0.29, 0.717) is 0 Å². The maximum Gasteiger partial charge on any atom is 0.136 e. The average Bonchev–Trinajstić information content (AvgIpc) is 3.92. The Morgan fingerprint density at radius 2 is 0.769 bits per heavy atom. The predicted octanol–water partition coefficient (Wildman–Crippen LogP) is 17.5. The van der Waals surface area contributed by atoms with Gasteiger partial charge < -0.3 is 13.9 Å². The van der Waals surface area contributed by atoms with Crippen molar-refractivity contribution < 1.29 is 4.42 Å². The summed E-state index contributed by atoms with van der Waals surface area (Å²) in [6.45, 7) is 0. The standard InChI is InChI=1S/C62H40N2O/c1-2-14-49-41(13-1)25-26-44-39-48(36-38-52(44)49)63(46-32-27-42(28-33-46)50-15-3-4-16-51(50)45-31-37-57-56-20-8-12-24-61(56)65-62(57)40-45)47-34-29-43(30-35-47)53-17-5-9-21-58(53)64-59-22-10-6-18-54(59)55-19-7-11-23-60(55)64/h1-40H. The molecule has 2 aromatic heterocycles. The smallest absolute Gasteiger partial charge is 0.136 e. The molecule has 3 nitrogen and oxygen atoms in total. The maximum atomic E-state index is 6.31. The second kappa shape index (κ2) is 15.0. The molecule has 0 aliphatic heterocycles. The lowest BCUT2D eigenvalue weighted by atomic mass is 9.94. The van der Waals surface area contributed by atoms with Crippen LogP contribution in [0.5, 0.6) is 0 Å². The Kier molecular flexibility index (Phi) is 8.53. The molecule has 0 atom stereocenters. The third-order valence-corrected chi connectivity index (χ3v) is 13.2. The highest BCUT2D eigenvalue weighted by atomic mass is 16.3. The summed E-state index contributed by atoms with van der Waals surface area (Å²) in [7, 11) is 0. The molecule has 13 aromatic rings. The number of nitrogens with zero attached hydrogens (tertiary/aromatic N) is 2. The first kappa shape index (κ1) is 36.9. The minimum Gasteiger partial charge on any atom is -0.456 e. The van der Waals surface area contributed by atoms with Crippen molar-refractivity contribution in [3.8, 4) is 39.1 Å². The van der Waals surface area contributed by atoms with Crippen molar-refractivity contribution in [1.82, 2.24) is 4.57 Å². The summed E-state index contributed by atoms with van der Waals surface area (Å²) in [5, 5.41) is 9.74. The fourth-order valence-electron chi connectivity index (χ4n) is 10.1. The molecule has 13 rings (SSSR count). The molecule has 0 spiro atoms. The fourth-order valence-corrected chi connectivity index (χ4v) is 10.1. The van der Waals surface area contributed by atoms with E-state index in [2.05, 4.69) is 240 Å². The van der Waals surface area contributed by atoms with Crippen LogP contribution in [0.2, 0.25) is 0 Å². The first-order chi connectivity index (χ1) is 32.2. The van der Waals surface area contributed by atoms with Crippen LogP contribution in [0.3, 0.4) is 0 Å². The molecule has 0 saturated carbocycles. The van der Waals surface area contributed by atoms with Crippen LogP contribution in [0.15, 0.2) is 247 Å². The number of anilines is 3. The lowest BCUT2D eigenvalue weighted by molar-refractivity contribution is 0.669. The zero-order chi connectivity index (χ0) is 42.8. The summed E-state index contributed by atoms with van der Waals surface area (Å²) in [4.78, 5) is 2.38. The van der Waals surface area contributed by atoms with E-state index in [1.165, 1.54) is 54.5 Å². The minimum absolute atomic E-state index is 0.897. The predicted molar refractivity (Wildman–Crippen MR) is 274 cm³/mol. The van der Waals surface area contributed by atoms with Gasteiger partial charge in [-0.25, -0.2) is 0 Å². The Hall–Kier alpha value is -8.66. The molecule has 0 unspecified atom stereocenters. The van der Waals surface area contributed by atoms with Crippen LogP contribution in [0, 0.1) is 0 Å². The summed E-state index contributed by atoms with van der Waals surface area (Å²) in [6, 6.07) is 87.8. The Balaban J connectivity index is 0.912. The van der Waals surface area contributed by atoms with Crippen molar-refractivity contribution in [1.29, 1.82) is 0 Å². The van der Waals surface area contributed by atoms with Crippen LogP contribution >= 0.6 is 0 Å². The van der Waals surface area contributed by atoms with Crippen molar-refractivity contribution in [3.63, 3.8) is 0 Å². The molecule has 2 heterocycles. The highest BCUT2D eigenvalue weighted by Crippen LogP contribution is 2.42. The third-order valence-electron chi connectivity index (χ3n) is 13.2. The molecule has 11 aromatic carbocycles. The normalized spacial score (nSPS) is 11.7. The van der Waals surface area contributed by atoms with E-state index in [4.69, 9.17) is 4.42 Å². The highest BCUT2D eigenvalue weighted by Gasteiger charge is 2.19. The number of benzene rings is 11. The maximum absolute atomic E-state index is 6.31. The average molecular weight is 829 g/mol. The first-order valence-electron chi connectivity index (χ1n) is 22.2. The molecule has 65 heavy (non-hydrogen) atoms. The largest absolute Gasteiger partial charge is 0.456 e. The number of furan rings is 1. The Labute approximate surface area is 376 Å². The van der Waals surface area contributed by atoms with Gasteiger partial charge in [-0.3, -0.25) is 0 Å². The van der Waals surface area contributed by atoms with Gasteiger partial charge in [-0.05, 0) is 122 Å². The van der Waals surface area contributed by atoms with E-state index in [1.54, 1.807) is 0 Å². The van der Waals surface area contributed by atoms with Gasteiger partial charge in [0.1, 0.15) is 11.2 Å². The summed E-state index contributed by atoms with van der Waals surface area (Å²) < 4.78 is 8.73. The molecule has 0 aliphatic carbocycles. The van der Waals surface area contributed by atoms with E-state index in [0.717, 1.165) is 66.9 Å². The lowest BCUT2D eigenvalue weighted by Gasteiger charge is -2.26. The van der Waals surface area contributed by atoms with Crippen molar-refractivity contribution in [2.24, 2.45) is 0 Å². The van der Waals surface area contributed by atoms with Crippen molar-refractivity contribution in [2.45, 2.75) is 0 Å². The monoisotopic (exact) mass is 828 g/mol. The molecule has 0 N–H and O–H groups in total. The number of para-hydroxylation sites is 4. The zero-order valence-electron chi connectivity index (χ0n) is 35.4. The van der Waals surface area contributed by atoms with E-state index in [9.17, 15) is 0 Å². The van der Waals surface area contributed by atoms with Gasteiger partial charge in [0.15, 0.2) is 0 Å². The van der Waals surface area contributed by atoms with E-state index in [-0.39, 0.29) is 0 Å². The van der Waals surface area contributed by atoms with E-state index < -0.39 is 0 Å². The highest BCUT2D eigenvalue weighted by molar-refractivity contribution is 6.11. The van der Waals surface area contributed by atoms with Crippen molar-refractivity contribution in [3.05, 3.63) is 243 Å². The molecule has 0 radical (unpaired) electrons. The summed E-state index contributed by atoms with van der Waals surface area (Å²) >= 11 is 0. The molecule has 0 saturated heterocycles. The molecule has 0 amide bonds. The van der Waals surface area contributed by atoms with Crippen LogP contribution in [-0.4, -0.2) is 4.57 Å². The second-order valence-electron chi connectivity index (χ2n) is 16.9. The SMILES string of the molecule is c1ccc(-c2ccc3c(c2)oc2ccccc23)c(-c2ccc(N(c3ccc(-c4ccccc4-n4c5ccccc5c5ccccc54)cc3)c3ccc4c(ccc5ccccc54)c3)cc2)c1. The van der Waals surface area contributed by atoms with Crippen LogP contribution in [-0.2, 0) is 0 Å². The molecular formula is C62H40N2O. The van der Waals surface area contributed by atoms with Crippen LogP contribution in [0.25, 0.3) is 104 Å². The molecule has 0 fully saturated rings. The van der Waals surface area contributed by atoms with Crippen LogP contribution < -0.4 is 4.90 Å². The number of aromatic nitrogens is 1. The fraction of sp³-hybridized carbons (Fsp3) is 0. The quantitative estimate of drug-likeness (QED) is 0.149. The Morgan fingerprint density at radius 3 is 1.49 bits per heavy atom. The van der Waals surface area contributed by atoms with Gasteiger partial charge in [0.05, 0.1) is 16.7 Å².